The van der Waals surface area contributed by atoms with Gasteiger partial charge in [0.2, 0.25) is 5.91 Å². The monoisotopic (exact) mass is 495 g/mol. The van der Waals surface area contributed by atoms with Crippen LogP contribution in [0.3, 0.4) is 0 Å². The van der Waals surface area contributed by atoms with Crippen LogP contribution in [0, 0.1) is 5.92 Å². The van der Waals surface area contributed by atoms with E-state index in [-0.39, 0.29) is 18.1 Å². The van der Waals surface area contributed by atoms with Crippen LogP contribution in [0.15, 0.2) is 103 Å². The van der Waals surface area contributed by atoms with Crippen molar-refractivity contribution in [1.29, 1.82) is 0 Å². The minimum atomic E-state index is -0.719. The molecule has 190 valence electrons. The second kappa shape index (κ2) is 10.9. The number of hydrogen-bond acceptors (Lipinski definition) is 4. The van der Waals surface area contributed by atoms with E-state index in [4.69, 9.17) is 14.2 Å². The molecule has 0 bridgehead atoms. The molecule has 0 aromatic heterocycles. The predicted octanol–water partition coefficient (Wildman–Crippen LogP) is 5.62. The van der Waals surface area contributed by atoms with Crippen LogP contribution in [-0.4, -0.2) is 41.5 Å². The van der Waals surface area contributed by atoms with Gasteiger partial charge in [-0.05, 0) is 30.5 Å². The molecular weight excluding hydrogens is 462 g/mol. The molecule has 5 nitrogen and oxygen atoms in total. The Kier molecular flexibility index (Phi) is 7.40. The molecule has 3 aromatic carbocycles. The van der Waals surface area contributed by atoms with Gasteiger partial charge in [-0.2, -0.15) is 0 Å². The van der Waals surface area contributed by atoms with Crippen molar-refractivity contribution in [2.75, 3.05) is 6.61 Å². The van der Waals surface area contributed by atoms with Gasteiger partial charge >= 0.3 is 0 Å². The van der Waals surface area contributed by atoms with Crippen LogP contribution in [0.4, 0.5) is 0 Å². The van der Waals surface area contributed by atoms with E-state index < -0.39 is 17.8 Å². The zero-order valence-electron chi connectivity index (χ0n) is 21.4. The second-order valence-electron chi connectivity index (χ2n) is 10.0. The molecule has 4 atom stereocenters. The fourth-order valence-electron chi connectivity index (χ4n) is 5.27. The Bertz CT molecular complexity index is 1250. The smallest absolute Gasteiger partial charge is 0.233 e. The van der Waals surface area contributed by atoms with Crippen molar-refractivity contribution in [2.45, 2.75) is 51.0 Å². The topological polar surface area (TPSA) is 48.0 Å². The van der Waals surface area contributed by atoms with Crippen molar-refractivity contribution in [3.05, 3.63) is 120 Å². The molecule has 2 saturated heterocycles. The molecule has 1 amide bonds. The van der Waals surface area contributed by atoms with Crippen LogP contribution in [0.25, 0.3) is 5.57 Å². The van der Waals surface area contributed by atoms with Crippen LogP contribution >= 0.6 is 0 Å². The summed E-state index contributed by atoms with van der Waals surface area (Å²) < 4.78 is 18.9. The van der Waals surface area contributed by atoms with Crippen molar-refractivity contribution in [1.82, 2.24) is 4.90 Å². The molecular formula is C32H33NO4. The van der Waals surface area contributed by atoms with Gasteiger partial charge in [-0.1, -0.05) is 97.6 Å². The Balaban J connectivity index is 1.51. The quantitative estimate of drug-likeness (QED) is 0.286. The van der Waals surface area contributed by atoms with E-state index in [1.54, 1.807) is 0 Å². The third-order valence-electron chi connectivity index (χ3n) is 7.05. The first kappa shape index (κ1) is 25.2. The number of β-lactam (4-membered cyclic amide) rings is 1. The minimum absolute atomic E-state index is 0.0374. The van der Waals surface area contributed by atoms with Crippen molar-refractivity contribution in [3.63, 3.8) is 0 Å². The lowest BCUT2D eigenvalue weighted by molar-refractivity contribution is -0.188. The first-order chi connectivity index (χ1) is 18.0. The van der Waals surface area contributed by atoms with Gasteiger partial charge < -0.3 is 19.1 Å². The van der Waals surface area contributed by atoms with Crippen molar-refractivity contribution >= 4 is 11.5 Å². The van der Waals surface area contributed by atoms with Gasteiger partial charge in [-0.25, -0.2) is 0 Å². The molecule has 5 rings (SSSR count). The summed E-state index contributed by atoms with van der Waals surface area (Å²) in [4.78, 5) is 15.7. The number of likely N-dealkylation sites (tertiary alicyclic amines) is 1. The maximum absolute atomic E-state index is 13.8. The second-order valence-corrected chi connectivity index (χ2v) is 10.0. The summed E-state index contributed by atoms with van der Waals surface area (Å²) in [7, 11) is 0. The van der Waals surface area contributed by atoms with E-state index >= 15 is 0 Å². The van der Waals surface area contributed by atoms with Crippen molar-refractivity contribution < 1.29 is 19.0 Å². The van der Waals surface area contributed by atoms with E-state index in [2.05, 4.69) is 12.3 Å². The number of amides is 1. The largest absolute Gasteiger partial charge is 0.369 e. The average Bonchev–Trinajstić information content (AvgIpc) is 3.30. The zero-order chi connectivity index (χ0) is 25.8. The lowest BCUT2D eigenvalue weighted by Crippen LogP contribution is -2.67. The zero-order valence-corrected chi connectivity index (χ0v) is 21.4. The van der Waals surface area contributed by atoms with E-state index in [0.29, 0.717) is 19.8 Å². The highest BCUT2D eigenvalue weighted by Gasteiger charge is 2.56. The molecule has 2 heterocycles. The third-order valence-corrected chi connectivity index (χ3v) is 7.05. The number of rotatable bonds is 9. The summed E-state index contributed by atoms with van der Waals surface area (Å²) >= 11 is 0. The Morgan fingerprint density at radius 3 is 2.16 bits per heavy atom. The number of benzene rings is 3. The van der Waals surface area contributed by atoms with Crippen LogP contribution in [0.1, 0.15) is 30.5 Å². The Morgan fingerprint density at radius 2 is 1.59 bits per heavy atom. The Hall–Kier alpha value is -3.47. The normalized spacial score (nSPS) is 23.2. The highest BCUT2D eigenvalue weighted by atomic mass is 16.7. The highest BCUT2D eigenvalue weighted by Crippen LogP contribution is 2.43. The standard InChI is InChI=1S/C32H33NO4/c1-4-26(25-18-12-7-13-19-25)28-29(33(31(28)34)20-23-14-8-5-9-15-23)30(27-22-36-32(2,3)37-27)35-21-24-16-10-6-11-17-24/h5-19,27-30H,1,20-22H2,2-3H3. The highest BCUT2D eigenvalue weighted by molar-refractivity contribution is 5.98. The van der Waals surface area contributed by atoms with E-state index in [1.165, 1.54) is 0 Å². The van der Waals surface area contributed by atoms with Gasteiger partial charge in [0.1, 0.15) is 12.2 Å². The SMILES string of the molecule is C=C=C(c1ccccc1)C1C(=O)N(Cc2ccccc2)C1C(OCc1ccccc1)C1COC(C)(C)O1. The maximum atomic E-state index is 13.8. The maximum Gasteiger partial charge on any atom is 0.233 e. The minimum Gasteiger partial charge on any atom is -0.369 e. The van der Waals surface area contributed by atoms with Gasteiger partial charge in [-0.15, -0.1) is 5.73 Å². The summed E-state index contributed by atoms with van der Waals surface area (Å²) in [5, 5.41) is 0. The first-order valence-corrected chi connectivity index (χ1v) is 12.7. The summed E-state index contributed by atoms with van der Waals surface area (Å²) in [6.45, 7) is 9.06. The van der Waals surface area contributed by atoms with Crippen LogP contribution in [-0.2, 0) is 32.2 Å². The Labute approximate surface area is 219 Å². The van der Waals surface area contributed by atoms with Gasteiger partial charge in [0.05, 0.1) is 25.2 Å². The molecule has 37 heavy (non-hydrogen) atoms. The number of carbonyl (C=O) groups excluding carboxylic acids is 1. The molecule has 3 aromatic rings. The van der Waals surface area contributed by atoms with Gasteiger partial charge in [0.25, 0.3) is 0 Å². The lowest BCUT2D eigenvalue weighted by atomic mass is 9.74. The number of nitrogens with zero attached hydrogens (tertiary/aromatic N) is 1. The molecule has 4 unspecified atom stereocenters. The average molecular weight is 496 g/mol. The van der Waals surface area contributed by atoms with Crippen molar-refractivity contribution in [3.8, 4) is 0 Å². The van der Waals surface area contributed by atoms with E-state index in [9.17, 15) is 4.79 Å². The molecule has 0 spiro atoms. The fourth-order valence-corrected chi connectivity index (χ4v) is 5.27. The van der Waals surface area contributed by atoms with Crippen LogP contribution < -0.4 is 0 Å². The molecule has 2 aliphatic heterocycles. The molecule has 0 aliphatic carbocycles. The summed E-state index contributed by atoms with van der Waals surface area (Å²) in [5.74, 6) is -1.13. The molecule has 0 radical (unpaired) electrons. The number of ether oxygens (including phenoxy) is 3. The van der Waals surface area contributed by atoms with Gasteiger partial charge in [0, 0.05) is 12.1 Å². The third kappa shape index (κ3) is 5.46. The lowest BCUT2D eigenvalue weighted by Gasteiger charge is -2.52. The van der Waals surface area contributed by atoms with Crippen molar-refractivity contribution in [2.24, 2.45) is 5.92 Å². The van der Waals surface area contributed by atoms with E-state index in [0.717, 1.165) is 22.3 Å². The summed E-state index contributed by atoms with van der Waals surface area (Å²) in [5.41, 5.74) is 6.94. The first-order valence-electron chi connectivity index (χ1n) is 12.7. The molecule has 2 fully saturated rings. The van der Waals surface area contributed by atoms with E-state index in [1.807, 2.05) is 110 Å². The molecule has 0 saturated carbocycles. The molecule has 2 aliphatic rings. The van der Waals surface area contributed by atoms with Crippen LogP contribution in [0.2, 0.25) is 0 Å². The van der Waals surface area contributed by atoms with Gasteiger partial charge in [0.15, 0.2) is 5.79 Å². The summed E-state index contributed by atoms with van der Waals surface area (Å²) in [6, 6.07) is 29.7. The number of carbonyl (C=O) groups is 1. The number of hydrogen-bond donors (Lipinski definition) is 0. The van der Waals surface area contributed by atoms with Gasteiger partial charge in [-0.3, -0.25) is 4.79 Å². The van der Waals surface area contributed by atoms with Crippen LogP contribution in [0.5, 0.6) is 0 Å². The Morgan fingerprint density at radius 1 is 1.00 bits per heavy atom. The predicted molar refractivity (Wildman–Crippen MR) is 143 cm³/mol. The fraction of sp³-hybridized carbons (Fsp3) is 0.312. The molecule has 5 heteroatoms. The molecule has 0 N–H and O–H groups in total. The summed E-state index contributed by atoms with van der Waals surface area (Å²) in [6.07, 6.45) is -0.750.